The van der Waals surface area contributed by atoms with E-state index in [1.807, 2.05) is 6.92 Å². The zero-order valence-corrected chi connectivity index (χ0v) is 17.2. The van der Waals surface area contributed by atoms with Crippen molar-refractivity contribution in [1.29, 1.82) is 0 Å². The third kappa shape index (κ3) is 3.86. The van der Waals surface area contributed by atoms with Gasteiger partial charge in [0.25, 0.3) is 0 Å². The first kappa shape index (κ1) is 20.6. The van der Waals surface area contributed by atoms with Crippen molar-refractivity contribution in [3.05, 3.63) is 29.8 Å². The van der Waals surface area contributed by atoms with Gasteiger partial charge in [-0.1, -0.05) is 12.1 Å². The lowest BCUT2D eigenvalue weighted by molar-refractivity contribution is -0.151. The van der Waals surface area contributed by atoms with Gasteiger partial charge in [0.15, 0.2) is 0 Å². The molecule has 0 radical (unpaired) electrons. The van der Waals surface area contributed by atoms with E-state index in [0.717, 1.165) is 23.6 Å². The topological polar surface area (TPSA) is 96.0 Å². The fourth-order valence-corrected chi connectivity index (χ4v) is 5.04. The molecule has 3 atom stereocenters. The molecule has 1 saturated heterocycles. The first-order valence-electron chi connectivity index (χ1n) is 9.50. The number of carbonyl (C=O) groups excluding carboxylic acids is 2. The van der Waals surface area contributed by atoms with E-state index in [1.165, 1.54) is 26.2 Å². The van der Waals surface area contributed by atoms with Gasteiger partial charge in [0, 0.05) is 26.7 Å². The van der Waals surface area contributed by atoms with Crippen LogP contribution in [0.4, 0.5) is 4.79 Å². The summed E-state index contributed by atoms with van der Waals surface area (Å²) in [6.45, 7) is 2.31. The summed E-state index contributed by atoms with van der Waals surface area (Å²) in [5.74, 6) is -0.306. The summed E-state index contributed by atoms with van der Waals surface area (Å²) in [5, 5.41) is 2.77. The maximum atomic E-state index is 12.7. The molecule has 8 nitrogen and oxygen atoms in total. The smallest absolute Gasteiger partial charge is 0.329 e. The van der Waals surface area contributed by atoms with Crippen molar-refractivity contribution in [3.63, 3.8) is 0 Å². The highest BCUT2D eigenvalue weighted by Gasteiger charge is 2.52. The second kappa shape index (κ2) is 8.08. The molecule has 2 aliphatic rings. The number of benzene rings is 1. The van der Waals surface area contributed by atoms with E-state index in [2.05, 4.69) is 5.32 Å². The van der Waals surface area contributed by atoms with E-state index in [9.17, 15) is 18.0 Å². The number of esters is 1. The average molecular weight is 410 g/mol. The molecule has 1 aromatic rings. The molecular weight excluding hydrogens is 382 g/mol. The quantitative estimate of drug-likeness (QED) is 0.720. The number of hydrogen-bond acceptors (Lipinski definition) is 5. The Bertz CT molecular complexity index is 855. The van der Waals surface area contributed by atoms with E-state index in [1.54, 1.807) is 17.0 Å². The third-order valence-electron chi connectivity index (χ3n) is 5.45. The van der Waals surface area contributed by atoms with E-state index >= 15 is 0 Å². The van der Waals surface area contributed by atoms with Crippen molar-refractivity contribution in [2.24, 2.45) is 5.92 Å². The number of nitrogens with one attached hydrogen (secondary N) is 1. The van der Waals surface area contributed by atoms with Gasteiger partial charge in [-0.25, -0.2) is 22.3 Å². The van der Waals surface area contributed by atoms with Crippen LogP contribution in [0.5, 0.6) is 0 Å². The number of fused-ring (bicyclic) bond motifs is 2. The van der Waals surface area contributed by atoms with Crippen molar-refractivity contribution >= 4 is 22.0 Å². The lowest BCUT2D eigenvalue weighted by atomic mass is 9.99. The van der Waals surface area contributed by atoms with Crippen LogP contribution in [-0.4, -0.2) is 62.3 Å². The van der Waals surface area contributed by atoms with Gasteiger partial charge in [0.1, 0.15) is 12.6 Å². The summed E-state index contributed by atoms with van der Waals surface area (Å²) in [5.41, 5.74) is 0.587. The predicted octanol–water partition coefficient (Wildman–Crippen LogP) is 1.56. The van der Waals surface area contributed by atoms with Gasteiger partial charge in [-0.3, -0.25) is 0 Å². The number of piperidine rings is 1. The van der Waals surface area contributed by atoms with Crippen molar-refractivity contribution < 1.29 is 22.7 Å². The average Bonchev–Trinajstić information content (AvgIpc) is 3.28. The van der Waals surface area contributed by atoms with E-state index < -0.39 is 22.0 Å². The van der Waals surface area contributed by atoms with Gasteiger partial charge >= 0.3 is 12.0 Å². The van der Waals surface area contributed by atoms with Gasteiger partial charge in [0.2, 0.25) is 10.0 Å². The zero-order valence-electron chi connectivity index (χ0n) is 16.4. The summed E-state index contributed by atoms with van der Waals surface area (Å²) in [6.07, 6.45) is 2.65. The molecule has 1 heterocycles. The minimum atomic E-state index is -3.56. The minimum Gasteiger partial charge on any atom is -0.459 e. The maximum absolute atomic E-state index is 12.7. The van der Waals surface area contributed by atoms with Gasteiger partial charge in [-0.05, 0) is 49.8 Å². The lowest BCUT2D eigenvalue weighted by Crippen LogP contribution is -2.53. The number of sulfonamides is 1. The number of hydrogen-bond donors (Lipinski definition) is 1. The van der Waals surface area contributed by atoms with Crippen LogP contribution in [0.15, 0.2) is 29.2 Å². The maximum Gasteiger partial charge on any atom is 0.329 e. The van der Waals surface area contributed by atoms with Gasteiger partial charge < -0.3 is 15.0 Å². The molecule has 2 amide bonds. The molecule has 1 aliphatic heterocycles. The fraction of sp³-hybridized carbons (Fsp3) is 0.579. The molecule has 2 fully saturated rings. The number of carbonyl (C=O) groups is 2. The molecule has 2 bridgehead atoms. The Balaban J connectivity index is 1.69. The Morgan fingerprint density at radius 2 is 2.04 bits per heavy atom. The SMILES string of the molecule is CCNC(=O)N1[C@H]2CC[C@@H](C2)[C@@H]1C(=O)OCc1cccc(S(=O)(=O)N(C)C)c1. The van der Waals surface area contributed by atoms with Gasteiger partial charge in [-0.2, -0.15) is 0 Å². The summed E-state index contributed by atoms with van der Waals surface area (Å²) in [6, 6.07) is 5.64. The normalized spacial score (nSPS) is 23.9. The number of urea groups is 1. The third-order valence-corrected chi connectivity index (χ3v) is 7.26. The van der Waals surface area contributed by atoms with Crippen LogP contribution in [0.1, 0.15) is 31.7 Å². The molecule has 0 spiro atoms. The molecule has 1 aliphatic carbocycles. The first-order chi connectivity index (χ1) is 13.3. The molecule has 0 unspecified atom stereocenters. The van der Waals surface area contributed by atoms with Crippen LogP contribution in [-0.2, 0) is 26.2 Å². The van der Waals surface area contributed by atoms with Crippen molar-refractivity contribution in [1.82, 2.24) is 14.5 Å². The largest absolute Gasteiger partial charge is 0.459 e. The number of rotatable bonds is 6. The van der Waals surface area contributed by atoms with Gasteiger partial charge in [-0.15, -0.1) is 0 Å². The molecule has 0 aromatic heterocycles. The molecule has 9 heteroatoms. The molecular formula is C19H27N3O5S. The van der Waals surface area contributed by atoms with Crippen LogP contribution >= 0.6 is 0 Å². The predicted molar refractivity (Wildman–Crippen MR) is 103 cm³/mol. The van der Waals surface area contributed by atoms with E-state index in [4.69, 9.17) is 4.74 Å². The summed E-state index contributed by atoms with van der Waals surface area (Å²) < 4.78 is 31.1. The highest BCUT2D eigenvalue weighted by atomic mass is 32.2. The minimum absolute atomic E-state index is 0.0350. The molecule has 154 valence electrons. The Labute approximate surface area is 165 Å². The van der Waals surface area contributed by atoms with Crippen LogP contribution in [0.2, 0.25) is 0 Å². The number of likely N-dealkylation sites (tertiary alicyclic amines) is 1. The van der Waals surface area contributed by atoms with Gasteiger partial charge in [0.05, 0.1) is 4.90 Å². The fourth-order valence-electron chi connectivity index (χ4n) is 4.07. The molecule has 3 rings (SSSR count). The highest BCUT2D eigenvalue weighted by molar-refractivity contribution is 7.89. The van der Waals surface area contributed by atoms with Crippen molar-refractivity contribution in [3.8, 4) is 0 Å². The van der Waals surface area contributed by atoms with E-state index in [-0.39, 0.29) is 29.5 Å². The van der Waals surface area contributed by atoms with Crippen molar-refractivity contribution in [2.75, 3.05) is 20.6 Å². The second-order valence-electron chi connectivity index (χ2n) is 7.46. The standard InChI is InChI=1S/C19H27N3O5S/c1-4-20-19(24)22-15-9-8-14(11-15)17(22)18(23)27-12-13-6-5-7-16(10-13)28(25,26)21(2)3/h5-7,10,14-15,17H,4,8-9,11-12H2,1-3H3,(H,20,24)/t14-,15-,17+/m0/s1. The Morgan fingerprint density at radius 1 is 1.29 bits per heavy atom. The summed E-state index contributed by atoms with van der Waals surface area (Å²) in [7, 11) is -0.624. The molecule has 28 heavy (non-hydrogen) atoms. The molecule has 1 aromatic carbocycles. The summed E-state index contributed by atoms with van der Waals surface area (Å²) >= 11 is 0. The van der Waals surface area contributed by atoms with Crippen LogP contribution in [0, 0.1) is 5.92 Å². The number of amides is 2. The van der Waals surface area contributed by atoms with Crippen LogP contribution in [0.3, 0.4) is 0 Å². The molecule has 1 N–H and O–H groups in total. The Morgan fingerprint density at radius 3 is 2.71 bits per heavy atom. The van der Waals surface area contributed by atoms with Crippen molar-refractivity contribution in [2.45, 2.75) is 49.8 Å². The molecule has 1 saturated carbocycles. The number of nitrogens with zero attached hydrogens (tertiary/aromatic N) is 2. The van der Waals surface area contributed by atoms with Crippen LogP contribution in [0.25, 0.3) is 0 Å². The number of ether oxygens (including phenoxy) is 1. The zero-order chi connectivity index (χ0) is 20.5. The summed E-state index contributed by atoms with van der Waals surface area (Å²) in [4.78, 5) is 26.9. The Kier molecular flexibility index (Phi) is 5.95. The lowest BCUT2D eigenvalue weighted by Gasteiger charge is -2.33. The second-order valence-corrected chi connectivity index (χ2v) is 9.61. The monoisotopic (exact) mass is 409 g/mol. The highest BCUT2D eigenvalue weighted by Crippen LogP contribution is 2.42. The van der Waals surface area contributed by atoms with E-state index in [0.29, 0.717) is 12.1 Å². The Hall–Kier alpha value is -2.13. The van der Waals surface area contributed by atoms with Crippen LogP contribution < -0.4 is 5.32 Å². The first-order valence-corrected chi connectivity index (χ1v) is 10.9.